The summed E-state index contributed by atoms with van der Waals surface area (Å²) in [7, 11) is 0. The summed E-state index contributed by atoms with van der Waals surface area (Å²) in [4.78, 5) is 18.0. The van der Waals surface area contributed by atoms with Crippen LogP contribution < -0.4 is 5.73 Å². The lowest BCUT2D eigenvalue weighted by molar-refractivity contribution is -0.135. The van der Waals surface area contributed by atoms with E-state index >= 15 is 0 Å². The van der Waals surface area contributed by atoms with Crippen molar-refractivity contribution in [3.8, 4) is 0 Å². The number of carboxylic acid groups (broad SMARTS) is 2. The van der Waals surface area contributed by atoms with Crippen LogP contribution in [0.3, 0.4) is 0 Å². The molecule has 0 spiro atoms. The largest absolute Gasteiger partial charge is 0.481 e. The number of nitrogens with two attached hydrogens (primary N) is 1. The number of carbonyl (C=O) groups is 2. The van der Waals surface area contributed by atoms with Crippen molar-refractivity contribution in [3.05, 3.63) is 0 Å². The number of rotatable bonds is 6. The second-order valence-corrected chi connectivity index (χ2v) is 7.13. The Bertz CT molecular complexity index is 335. The molecule has 0 bridgehead atoms. The molecule has 6 N–H and O–H groups in total. The van der Waals surface area contributed by atoms with Gasteiger partial charge in [-0.3, -0.25) is 9.59 Å². The smallest absolute Gasteiger partial charge is 0.300 e. The Kier molecular flexibility index (Phi) is 15.7. The Morgan fingerprint density at radius 2 is 1.40 bits per heavy atom. The molecule has 0 saturated heterocycles. The standard InChI is InChI=1S/C14H29NO2.2C2H4O2/c1-10(2)8-13(16)14(17)12(15)9-11-6-4-3-5-7-11;2*1-2(3)4/h10-14,16-17H,3-9,15H2,1-2H3;2*1H3,(H,3,4)/t12-,13-,14+;;/m0../s1. The molecular formula is C18H37NO6. The molecule has 1 fully saturated rings. The monoisotopic (exact) mass is 363 g/mol. The fourth-order valence-electron chi connectivity index (χ4n) is 2.85. The number of hydrogen-bond donors (Lipinski definition) is 5. The fraction of sp³-hybridized carbons (Fsp3) is 0.889. The van der Waals surface area contributed by atoms with E-state index in [4.69, 9.17) is 25.5 Å². The summed E-state index contributed by atoms with van der Waals surface area (Å²) in [5.74, 6) is -0.624. The van der Waals surface area contributed by atoms with Crippen LogP contribution >= 0.6 is 0 Å². The van der Waals surface area contributed by atoms with Crippen molar-refractivity contribution >= 4 is 11.9 Å². The predicted molar refractivity (Wildman–Crippen MR) is 97.3 cm³/mol. The first-order chi connectivity index (χ1) is 11.5. The van der Waals surface area contributed by atoms with Crippen molar-refractivity contribution in [2.45, 2.75) is 90.9 Å². The van der Waals surface area contributed by atoms with E-state index < -0.39 is 24.1 Å². The molecule has 3 atom stereocenters. The molecule has 1 rings (SSSR count). The number of aliphatic hydroxyl groups excluding tert-OH is 2. The lowest BCUT2D eigenvalue weighted by Crippen LogP contribution is -2.44. The van der Waals surface area contributed by atoms with Crippen LogP contribution in [0.4, 0.5) is 0 Å². The van der Waals surface area contributed by atoms with Crippen molar-refractivity contribution in [2.75, 3.05) is 0 Å². The van der Waals surface area contributed by atoms with Crippen LogP contribution in [0.1, 0.15) is 72.6 Å². The van der Waals surface area contributed by atoms with Crippen LogP contribution in [-0.4, -0.2) is 50.6 Å². The summed E-state index contributed by atoms with van der Waals surface area (Å²) in [5, 5.41) is 34.7. The maximum absolute atomic E-state index is 9.99. The summed E-state index contributed by atoms with van der Waals surface area (Å²) in [6, 6.07) is -0.271. The zero-order valence-electron chi connectivity index (χ0n) is 16.0. The molecule has 7 heteroatoms. The Labute approximate surface area is 151 Å². The predicted octanol–water partition coefficient (Wildman–Crippen LogP) is 2.23. The molecule has 25 heavy (non-hydrogen) atoms. The lowest BCUT2D eigenvalue weighted by atomic mass is 9.83. The van der Waals surface area contributed by atoms with Gasteiger partial charge in [0.05, 0.1) is 12.2 Å². The minimum absolute atomic E-state index is 0.271. The first-order valence-electron chi connectivity index (χ1n) is 8.98. The van der Waals surface area contributed by atoms with Gasteiger partial charge in [0, 0.05) is 19.9 Å². The molecule has 0 amide bonds. The van der Waals surface area contributed by atoms with Gasteiger partial charge < -0.3 is 26.2 Å². The molecule has 150 valence electrons. The van der Waals surface area contributed by atoms with Crippen molar-refractivity contribution in [1.29, 1.82) is 0 Å². The Hall–Kier alpha value is -1.18. The Morgan fingerprint density at radius 1 is 1.00 bits per heavy atom. The van der Waals surface area contributed by atoms with Gasteiger partial charge in [-0.05, 0) is 24.7 Å². The Morgan fingerprint density at radius 3 is 1.76 bits per heavy atom. The zero-order chi connectivity index (χ0) is 20.0. The highest BCUT2D eigenvalue weighted by molar-refractivity contribution is 5.63. The molecule has 7 nitrogen and oxygen atoms in total. The van der Waals surface area contributed by atoms with Gasteiger partial charge in [0.25, 0.3) is 11.9 Å². The fourth-order valence-corrected chi connectivity index (χ4v) is 2.85. The summed E-state index contributed by atoms with van der Waals surface area (Å²) in [5.41, 5.74) is 6.01. The van der Waals surface area contributed by atoms with Gasteiger partial charge in [-0.1, -0.05) is 46.0 Å². The zero-order valence-corrected chi connectivity index (χ0v) is 16.0. The van der Waals surface area contributed by atoms with Gasteiger partial charge in [0.2, 0.25) is 0 Å². The lowest BCUT2D eigenvalue weighted by Gasteiger charge is -2.29. The minimum atomic E-state index is -0.833. The molecule has 0 radical (unpaired) electrons. The molecule has 0 unspecified atom stereocenters. The molecule has 1 saturated carbocycles. The van der Waals surface area contributed by atoms with Crippen LogP contribution in [0.5, 0.6) is 0 Å². The SMILES string of the molecule is CC(=O)O.CC(=O)O.CC(C)C[C@H](O)[C@H](O)[C@@H](N)CC1CCCCC1. The average molecular weight is 363 g/mol. The van der Waals surface area contributed by atoms with Crippen molar-refractivity contribution in [2.24, 2.45) is 17.6 Å². The molecule has 0 aliphatic heterocycles. The van der Waals surface area contributed by atoms with E-state index in [1.807, 2.05) is 13.8 Å². The summed E-state index contributed by atoms with van der Waals surface area (Å²) < 4.78 is 0. The minimum Gasteiger partial charge on any atom is -0.481 e. The van der Waals surface area contributed by atoms with E-state index in [0.717, 1.165) is 20.3 Å². The topological polar surface area (TPSA) is 141 Å². The highest BCUT2D eigenvalue weighted by Crippen LogP contribution is 2.28. The third-order valence-corrected chi connectivity index (χ3v) is 3.88. The normalized spacial score (nSPS) is 18.1. The molecule has 0 aromatic heterocycles. The van der Waals surface area contributed by atoms with Gasteiger partial charge in [-0.2, -0.15) is 0 Å². The summed E-state index contributed by atoms with van der Waals surface area (Å²) in [6.07, 6.45) is 6.44. The van der Waals surface area contributed by atoms with E-state index in [1.165, 1.54) is 32.1 Å². The van der Waals surface area contributed by atoms with Gasteiger partial charge in [-0.25, -0.2) is 0 Å². The maximum atomic E-state index is 9.99. The second-order valence-electron chi connectivity index (χ2n) is 7.13. The molecule has 1 aliphatic rings. The number of aliphatic hydroxyl groups is 2. The molecular weight excluding hydrogens is 326 g/mol. The Balaban J connectivity index is 0. The maximum Gasteiger partial charge on any atom is 0.300 e. The van der Waals surface area contributed by atoms with E-state index in [-0.39, 0.29) is 6.04 Å². The van der Waals surface area contributed by atoms with Crippen LogP contribution in [0.25, 0.3) is 0 Å². The molecule has 1 aliphatic carbocycles. The number of carboxylic acids is 2. The summed E-state index contributed by atoms with van der Waals surface area (Å²) in [6.45, 7) is 6.26. The third-order valence-electron chi connectivity index (χ3n) is 3.88. The molecule has 0 aromatic carbocycles. The van der Waals surface area contributed by atoms with E-state index in [1.54, 1.807) is 0 Å². The van der Waals surface area contributed by atoms with Gasteiger partial charge in [0.1, 0.15) is 0 Å². The summed E-state index contributed by atoms with van der Waals surface area (Å²) >= 11 is 0. The number of aliphatic carboxylic acids is 2. The number of hydrogen-bond acceptors (Lipinski definition) is 5. The average Bonchev–Trinajstić information content (AvgIpc) is 2.45. The highest BCUT2D eigenvalue weighted by atomic mass is 16.4. The quantitative estimate of drug-likeness (QED) is 0.487. The first kappa shape index (κ1) is 26.1. The molecule has 0 heterocycles. The van der Waals surface area contributed by atoms with Crippen molar-refractivity contribution in [3.63, 3.8) is 0 Å². The van der Waals surface area contributed by atoms with E-state index in [2.05, 4.69) is 0 Å². The molecule has 0 aromatic rings. The van der Waals surface area contributed by atoms with Gasteiger partial charge in [-0.15, -0.1) is 0 Å². The van der Waals surface area contributed by atoms with E-state index in [9.17, 15) is 10.2 Å². The van der Waals surface area contributed by atoms with Crippen LogP contribution in [0.2, 0.25) is 0 Å². The van der Waals surface area contributed by atoms with Crippen molar-refractivity contribution < 1.29 is 30.0 Å². The third kappa shape index (κ3) is 19.0. The van der Waals surface area contributed by atoms with Crippen LogP contribution in [-0.2, 0) is 9.59 Å². The van der Waals surface area contributed by atoms with Crippen molar-refractivity contribution in [1.82, 2.24) is 0 Å². The van der Waals surface area contributed by atoms with E-state index in [0.29, 0.717) is 18.3 Å². The highest BCUT2D eigenvalue weighted by Gasteiger charge is 2.26. The van der Waals surface area contributed by atoms with Gasteiger partial charge >= 0.3 is 0 Å². The van der Waals surface area contributed by atoms with Gasteiger partial charge in [0.15, 0.2) is 0 Å². The second kappa shape index (κ2) is 15.1. The van der Waals surface area contributed by atoms with Crippen LogP contribution in [0, 0.1) is 11.8 Å². The first-order valence-corrected chi connectivity index (χ1v) is 8.98. The van der Waals surface area contributed by atoms with Crippen LogP contribution in [0.15, 0.2) is 0 Å².